The lowest BCUT2D eigenvalue weighted by molar-refractivity contribution is 0.0697. The maximum atomic E-state index is 11.6. The first-order valence-electron chi connectivity index (χ1n) is 6.64. The predicted molar refractivity (Wildman–Crippen MR) is 79.6 cm³/mol. The molecule has 0 saturated heterocycles. The van der Waals surface area contributed by atoms with Crippen molar-refractivity contribution in [1.82, 2.24) is 9.55 Å². The molecule has 0 fully saturated rings. The number of rotatable bonds is 6. The summed E-state index contributed by atoms with van der Waals surface area (Å²) in [5, 5.41) is 9.08. The topological polar surface area (TPSA) is 72.2 Å². The number of fused-ring (bicyclic) bond motifs is 1. The summed E-state index contributed by atoms with van der Waals surface area (Å²) in [6, 6.07) is 4.93. The third-order valence-electron chi connectivity index (χ3n) is 3.26. The molecule has 1 aromatic carbocycles. The maximum absolute atomic E-state index is 11.6. The second-order valence-electron chi connectivity index (χ2n) is 4.47. The van der Waals surface area contributed by atoms with Crippen LogP contribution in [0.1, 0.15) is 30.0 Å². The fourth-order valence-electron chi connectivity index (χ4n) is 2.16. The average Bonchev–Trinajstić information content (AvgIpc) is 2.81. The summed E-state index contributed by atoms with van der Waals surface area (Å²) in [5.41, 5.74) is 1.84. The first-order chi connectivity index (χ1) is 9.56. The molecule has 5 nitrogen and oxygen atoms in total. The molecule has 1 unspecified atom stereocenters. The number of hydrogen-bond donors (Lipinski definition) is 1. The number of hydrogen-bond acceptors (Lipinski definition) is 3. The molecule has 0 aliphatic carbocycles. The van der Waals surface area contributed by atoms with Crippen molar-refractivity contribution >= 4 is 27.8 Å². The van der Waals surface area contributed by atoms with Crippen molar-refractivity contribution in [3.63, 3.8) is 0 Å². The van der Waals surface area contributed by atoms with Gasteiger partial charge in [-0.15, -0.1) is 0 Å². The van der Waals surface area contributed by atoms with Gasteiger partial charge in [0.1, 0.15) is 5.82 Å². The van der Waals surface area contributed by atoms with Gasteiger partial charge in [-0.05, 0) is 18.2 Å². The van der Waals surface area contributed by atoms with Crippen molar-refractivity contribution < 1.29 is 14.1 Å². The van der Waals surface area contributed by atoms with E-state index in [0.717, 1.165) is 23.3 Å². The molecular weight excluding hydrogens is 276 g/mol. The van der Waals surface area contributed by atoms with Crippen LogP contribution >= 0.6 is 0 Å². The van der Waals surface area contributed by atoms with Crippen LogP contribution < -0.4 is 0 Å². The number of carbonyl (C=O) groups is 1. The van der Waals surface area contributed by atoms with Crippen molar-refractivity contribution in [2.45, 2.75) is 26.8 Å². The van der Waals surface area contributed by atoms with Gasteiger partial charge in [-0.2, -0.15) is 0 Å². The molecule has 0 spiro atoms. The lowest BCUT2D eigenvalue weighted by atomic mass is 10.2. The molecule has 0 saturated carbocycles. The van der Waals surface area contributed by atoms with E-state index in [4.69, 9.17) is 5.11 Å². The van der Waals surface area contributed by atoms with Gasteiger partial charge in [0.15, 0.2) is 0 Å². The molecule has 0 bridgehead atoms. The maximum Gasteiger partial charge on any atom is 0.335 e. The number of carboxylic acids is 1. The molecular formula is C14H18N2O3S. The molecule has 6 heteroatoms. The number of aryl methyl sites for hydroxylation is 2. The summed E-state index contributed by atoms with van der Waals surface area (Å²) in [7, 11) is -0.844. The first kappa shape index (κ1) is 14.7. The molecule has 0 aliphatic rings. The van der Waals surface area contributed by atoms with Crippen LogP contribution in [0.5, 0.6) is 0 Å². The molecule has 1 N–H and O–H groups in total. The second-order valence-corrected chi connectivity index (χ2v) is 6.34. The van der Waals surface area contributed by atoms with Gasteiger partial charge >= 0.3 is 5.97 Å². The van der Waals surface area contributed by atoms with Gasteiger partial charge in [-0.25, -0.2) is 9.78 Å². The largest absolute Gasteiger partial charge is 0.478 e. The Bertz CT molecular complexity index is 664. The van der Waals surface area contributed by atoms with Crippen LogP contribution in [0.15, 0.2) is 18.2 Å². The average molecular weight is 294 g/mol. The number of nitrogens with zero attached hydrogens (tertiary/aromatic N) is 2. The summed E-state index contributed by atoms with van der Waals surface area (Å²) in [6.45, 7) is 4.50. The van der Waals surface area contributed by atoms with Crippen LogP contribution in [0, 0.1) is 0 Å². The van der Waals surface area contributed by atoms with Gasteiger partial charge in [0.25, 0.3) is 0 Å². The Kier molecular flexibility index (Phi) is 4.54. The van der Waals surface area contributed by atoms with E-state index in [1.807, 2.05) is 18.4 Å². The van der Waals surface area contributed by atoms with Gasteiger partial charge in [-0.1, -0.05) is 13.8 Å². The lowest BCUT2D eigenvalue weighted by Gasteiger charge is -2.07. The molecule has 0 amide bonds. The fourth-order valence-corrected chi connectivity index (χ4v) is 2.84. The van der Waals surface area contributed by atoms with Gasteiger partial charge in [0.2, 0.25) is 0 Å². The molecule has 2 aromatic rings. The van der Waals surface area contributed by atoms with E-state index in [1.165, 1.54) is 0 Å². The van der Waals surface area contributed by atoms with Crippen LogP contribution in [-0.4, -0.2) is 36.3 Å². The smallest absolute Gasteiger partial charge is 0.335 e. The number of benzene rings is 1. The Balaban J connectivity index is 2.45. The second kappa shape index (κ2) is 6.17. The van der Waals surface area contributed by atoms with Gasteiger partial charge in [-0.3, -0.25) is 4.21 Å². The normalized spacial score (nSPS) is 12.7. The minimum atomic E-state index is -0.949. The molecule has 20 heavy (non-hydrogen) atoms. The van der Waals surface area contributed by atoms with E-state index < -0.39 is 16.8 Å². The first-order valence-corrected chi connectivity index (χ1v) is 8.13. The quantitative estimate of drug-likeness (QED) is 0.885. The summed E-state index contributed by atoms with van der Waals surface area (Å²) >= 11 is 0. The predicted octanol–water partition coefficient (Wildman–Crippen LogP) is 2.07. The van der Waals surface area contributed by atoms with E-state index >= 15 is 0 Å². The van der Waals surface area contributed by atoms with E-state index in [9.17, 15) is 9.00 Å². The van der Waals surface area contributed by atoms with Crippen molar-refractivity contribution in [3.05, 3.63) is 29.6 Å². The number of aromatic nitrogens is 2. The van der Waals surface area contributed by atoms with Gasteiger partial charge in [0, 0.05) is 35.3 Å². The van der Waals surface area contributed by atoms with E-state index in [2.05, 4.69) is 4.98 Å². The summed E-state index contributed by atoms with van der Waals surface area (Å²) in [6.07, 6.45) is 0.760. The Hall–Kier alpha value is -1.69. The molecule has 108 valence electrons. The standard InChI is InChI=1S/C14H18N2O3S/c1-3-13-15-11-6-5-10(14(17)18)9-12(11)16(13)7-8-20(19)4-2/h5-6,9H,3-4,7-8H2,1-2H3,(H,17,18). The van der Waals surface area contributed by atoms with Crippen LogP contribution in [0.25, 0.3) is 11.0 Å². The third kappa shape index (κ3) is 2.90. The van der Waals surface area contributed by atoms with Crippen LogP contribution in [0.4, 0.5) is 0 Å². The van der Waals surface area contributed by atoms with Crippen molar-refractivity contribution in [2.24, 2.45) is 0 Å². The molecule has 2 rings (SSSR count). The zero-order valence-electron chi connectivity index (χ0n) is 11.6. The highest BCUT2D eigenvalue weighted by atomic mass is 32.2. The van der Waals surface area contributed by atoms with Crippen LogP contribution in [0.3, 0.4) is 0 Å². The van der Waals surface area contributed by atoms with Crippen molar-refractivity contribution in [1.29, 1.82) is 0 Å². The zero-order valence-corrected chi connectivity index (χ0v) is 12.4. The summed E-state index contributed by atoms with van der Waals surface area (Å²) in [5.74, 6) is 1.14. The monoisotopic (exact) mass is 294 g/mol. The number of aromatic carboxylic acids is 1. The van der Waals surface area contributed by atoms with E-state index in [1.54, 1.807) is 18.2 Å². The minimum Gasteiger partial charge on any atom is -0.478 e. The Morgan fingerprint density at radius 1 is 1.40 bits per heavy atom. The minimum absolute atomic E-state index is 0.248. The molecule has 0 radical (unpaired) electrons. The number of carboxylic acid groups (broad SMARTS) is 1. The highest BCUT2D eigenvalue weighted by Crippen LogP contribution is 2.19. The molecule has 1 aromatic heterocycles. The van der Waals surface area contributed by atoms with Crippen molar-refractivity contribution in [3.8, 4) is 0 Å². The molecule has 1 heterocycles. The van der Waals surface area contributed by atoms with Gasteiger partial charge in [0.05, 0.1) is 16.6 Å². The van der Waals surface area contributed by atoms with Crippen LogP contribution in [0.2, 0.25) is 0 Å². The fraction of sp³-hybridized carbons (Fsp3) is 0.429. The number of imidazole rings is 1. The van der Waals surface area contributed by atoms with E-state index in [0.29, 0.717) is 18.1 Å². The third-order valence-corrected chi connectivity index (χ3v) is 4.54. The Morgan fingerprint density at radius 2 is 2.15 bits per heavy atom. The Labute approximate surface area is 120 Å². The summed E-state index contributed by atoms with van der Waals surface area (Å²) in [4.78, 5) is 15.6. The molecule has 1 atom stereocenters. The highest BCUT2D eigenvalue weighted by molar-refractivity contribution is 7.84. The van der Waals surface area contributed by atoms with Crippen molar-refractivity contribution in [2.75, 3.05) is 11.5 Å². The Morgan fingerprint density at radius 3 is 2.75 bits per heavy atom. The van der Waals surface area contributed by atoms with Crippen LogP contribution in [-0.2, 0) is 23.8 Å². The SMILES string of the molecule is CCc1nc2ccc(C(=O)O)cc2n1CCS(=O)CC. The van der Waals surface area contributed by atoms with Gasteiger partial charge < -0.3 is 9.67 Å². The molecule has 0 aliphatic heterocycles. The lowest BCUT2D eigenvalue weighted by Crippen LogP contribution is -2.11. The van der Waals surface area contributed by atoms with E-state index in [-0.39, 0.29) is 5.56 Å². The summed E-state index contributed by atoms with van der Waals surface area (Å²) < 4.78 is 13.6. The zero-order chi connectivity index (χ0) is 14.7. The highest BCUT2D eigenvalue weighted by Gasteiger charge is 2.12.